The SMILES string of the molecule is CC(Br)C1CCN(C(=O)c2cc(F)ccc2[N+](=O)[O-])CC1. The largest absolute Gasteiger partial charge is 0.338 e. The highest BCUT2D eigenvalue weighted by Gasteiger charge is 2.29. The van der Waals surface area contributed by atoms with Crippen molar-refractivity contribution in [3.05, 3.63) is 39.7 Å². The van der Waals surface area contributed by atoms with Crippen LogP contribution >= 0.6 is 15.9 Å². The third-order valence-corrected chi connectivity index (χ3v) is 4.61. The second-order valence-electron chi connectivity index (χ2n) is 5.23. The van der Waals surface area contributed by atoms with E-state index in [-0.39, 0.29) is 11.3 Å². The van der Waals surface area contributed by atoms with Crippen LogP contribution in [0.2, 0.25) is 0 Å². The Morgan fingerprint density at radius 1 is 1.48 bits per heavy atom. The molecule has 1 heterocycles. The zero-order valence-corrected chi connectivity index (χ0v) is 13.2. The third-order valence-electron chi connectivity index (χ3n) is 3.86. The Morgan fingerprint density at radius 3 is 2.62 bits per heavy atom. The molecule has 1 aromatic carbocycles. The van der Waals surface area contributed by atoms with Crippen molar-refractivity contribution in [2.24, 2.45) is 5.92 Å². The van der Waals surface area contributed by atoms with E-state index < -0.39 is 16.6 Å². The number of likely N-dealkylation sites (tertiary alicyclic amines) is 1. The number of nitro groups is 1. The van der Waals surface area contributed by atoms with E-state index >= 15 is 0 Å². The zero-order chi connectivity index (χ0) is 15.6. The lowest BCUT2D eigenvalue weighted by atomic mass is 9.94. The third kappa shape index (κ3) is 3.58. The van der Waals surface area contributed by atoms with Crippen molar-refractivity contribution in [1.82, 2.24) is 4.90 Å². The number of rotatable bonds is 3. The van der Waals surface area contributed by atoms with Gasteiger partial charge in [-0.2, -0.15) is 0 Å². The predicted octanol–water partition coefficient (Wildman–Crippen LogP) is 3.37. The van der Waals surface area contributed by atoms with Crippen LogP contribution in [0, 0.1) is 21.8 Å². The summed E-state index contributed by atoms with van der Waals surface area (Å²) in [5.41, 5.74) is -0.525. The van der Waals surface area contributed by atoms with Crippen LogP contribution in [0.5, 0.6) is 0 Å². The molecule has 2 rings (SSSR count). The Labute approximate surface area is 130 Å². The summed E-state index contributed by atoms with van der Waals surface area (Å²) >= 11 is 3.54. The zero-order valence-electron chi connectivity index (χ0n) is 11.6. The maximum absolute atomic E-state index is 13.3. The van der Waals surface area contributed by atoms with Crippen molar-refractivity contribution in [2.75, 3.05) is 13.1 Å². The van der Waals surface area contributed by atoms with Crippen LogP contribution in [-0.2, 0) is 0 Å². The minimum absolute atomic E-state index is 0.176. The quantitative estimate of drug-likeness (QED) is 0.472. The van der Waals surface area contributed by atoms with E-state index in [9.17, 15) is 19.3 Å². The first-order chi connectivity index (χ1) is 9.90. The molecule has 1 aliphatic heterocycles. The second kappa shape index (κ2) is 6.51. The lowest BCUT2D eigenvalue weighted by molar-refractivity contribution is -0.385. The van der Waals surface area contributed by atoms with Crippen LogP contribution in [0.1, 0.15) is 30.1 Å². The molecule has 0 bridgehead atoms. The molecule has 0 N–H and O–H groups in total. The van der Waals surface area contributed by atoms with Crippen LogP contribution in [-0.4, -0.2) is 33.6 Å². The second-order valence-corrected chi connectivity index (χ2v) is 6.67. The molecule has 5 nitrogen and oxygen atoms in total. The Balaban J connectivity index is 2.18. The van der Waals surface area contributed by atoms with Crippen LogP contribution in [0.15, 0.2) is 18.2 Å². The Hall–Kier alpha value is -1.50. The molecule has 0 saturated carbocycles. The number of benzene rings is 1. The number of amides is 1. The fourth-order valence-corrected chi connectivity index (χ4v) is 3.10. The molecule has 21 heavy (non-hydrogen) atoms. The molecule has 0 aromatic heterocycles. The molecule has 0 radical (unpaired) electrons. The van der Waals surface area contributed by atoms with Gasteiger partial charge in [0.2, 0.25) is 0 Å². The molecule has 1 amide bonds. The number of alkyl halides is 1. The predicted molar refractivity (Wildman–Crippen MR) is 80.1 cm³/mol. The topological polar surface area (TPSA) is 63.5 Å². The summed E-state index contributed by atoms with van der Waals surface area (Å²) in [6.07, 6.45) is 1.67. The van der Waals surface area contributed by atoms with Gasteiger partial charge in [0.1, 0.15) is 11.4 Å². The highest BCUT2D eigenvalue weighted by molar-refractivity contribution is 9.09. The van der Waals surface area contributed by atoms with E-state index in [1.165, 1.54) is 0 Å². The molecule has 1 saturated heterocycles. The van der Waals surface area contributed by atoms with Gasteiger partial charge in [0.15, 0.2) is 0 Å². The molecule has 1 aliphatic rings. The van der Waals surface area contributed by atoms with Crippen LogP contribution in [0.4, 0.5) is 10.1 Å². The van der Waals surface area contributed by atoms with E-state index in [2.05, 4.69) is 22.9 Å². The summed E-state index contributed by atoms with van der Waals surface area (Å²) in [5.74, 6) is -0.633. The van der Waals surface area contributed by atoms with Gasteiger partial charge in [-0.15, -0.1) is 0 Å². The highest BCUT2D eigenvalue weighted by atomic mass is 79.9. The van der Waals surface area contributed by atoms with E-state index in [0.717, 1.165) is 31.0 Å². The number of piperidine rings is 1. The smallest absolute Gasteiger partial charge is 0.282 e. The summed E-state index contributed by atoms with van der Waals surface area (Å²) in [6.45, 7) is 3.14. The van der Waals surface area contributed by atoms with Crippen molar-refractivity contribution >= 4 is 27.5 Å². The minimum Gasteiger partial charge on any atom is -0.338 e. The van der Waals surface area contributed by atoms with Crippen LogP contribution in [0.3, 0.4) is 0 Å². The normalized spacial score (nSPS) is 17.6. The molecule has 114 valence electrons. The van der Waals surface area contributed by atoms with Crippen LogP contribution in [0.25, 0.3) is 0 Å². The molecule has 1 aromatic rings. The summed E-state index contributed by atoms with van der Waals surface area (Å²) in [4.78, 5) is 24.6. The number of halogens is 2. The van der Waals surface area contributed by atoms with Crippen molar-refractivity contribution in [3.8, 4) is 0 Å². The maximum Gasteiger partial charge on any atom is 0.282 e. The average Bonchev–Trinajstić information content (AvgIpc) is 2.46. The average molecular weight is 359 g/mol. The van der Waals surface area contributed by atoms with E-state index in [0.29, 0.717) is 23.8 Å². The van der Waals surface area contributed by atoms with Crippen LogP contribution < -0.4 is 0 Å². The molecule has 0 spiro atoms. The summed E-state index contributed by atoms with van der Waals surface area (Å²) in [5, 5.41) is 11.0. The minimum atomic E-state index is -0.653. The Bertz CT molecular complexity index is 557. The number of nitro benzene ring substituents is 1. The summed E-state index contributed by atoms with van der Waals surface area (Å²) in [6, 6.07) is 2.98. The standard InChI is InChI=1S/C14H16BrFN2O3/c1-9(15)10-4-6-17(7-5-10)14(19)12-8-11(16)2-3-13(12)18(20)21/h2-3,8-10H,4-7H2,1H3. The first-order valence-electron chi connectivity index (χ1n) is 6.77. The Kier molecular flexibility index (Phi) is 4.92. The summed E-state index contributed by atoms with van der Waals surface area (Å²) in [7, 11) is 0. The van der Waals surface area contributed by atoms with Crippen molar-refractivity contribution in [3.63, 3.8) is 0 Å². The number of carbonyl (C=O) groups excluding carboxylic acids is 1. The fraction of sp³-hybridized carbons (Fsp3) is 0.500. The van der Waals surface area contributed by atoms with Crippen molar-refractivity contribution < 1.29 is 14.1 Å². The molecule has 0 aliphatic carbocycles. The molecular weight excluding hydrogens is 343 g/mol. The number of nitrogens with zero attached hydrogens (tertiary/aromatic N) is 2. The maximum atomic E-state index is 13.3. The first-order valence-corrected chi connectivity index (χ1v) is 7.69. The molecule has 1 atom stereocenters. The van der Waals surface area contributed by atoms with E-state index in [1.54, 1.807) is 4.90 Å². The van der Waals surface area contributed by atoms with E-state index in [1.807, 2.05) is 0 Å². The van der Waals surface area contributed by atoms with Gasteiger partial charge >= 0.3 is 0 Å². The molecule has 1 unspecified atom stereocenters. The number of hydrogen-bond acceptors (Lipinski definition) is 3. The van der Waals surface area contributed by atoms with Crippen molar-refractivity contribution in [1.29, 1.82) is 0 Å². The van der Waals surface area contributed by atoms with Gasteiger partial charge in [-0.05, 0) is 30.9 Å². The van der Waals surface area contributed by atoms with Crippen molar-refractivity contribution in [2.45, 2.75) is 24.6 Å². The van der Waals surface area contributed by atoms with Gasteiger partial charge in [-0.25, -0.2) is 4.39 Å². The van der Waals surface area contributed by atoms with E-state index in [4.69, 9.17) is 0 Å². The molecule has 7 heteroatoms. The molecular formula is C14H16BrFN2O3. The van der Waals surface area contributed by atoms with Gasteiger partial charge in [-0.3, -0.25) is 14.9 Å². The Morgan fingerprint density at radius 2 is 2.10 bits per heavy atom. The monoisotopic (exact) mass is 358 g/mol. The highest BCUT2D eigenvalue weighted by Crippen LogP contribution is 2.27. The van der Waals surface area contributed by atoms with Gasteiger partial charge in [0.25, 0.3) is 11.6 Å². The van der Waals surface area contributed by atoms with Gasteiger partial charge in [0, 0.05) is 24.0 Å². The number of carbonyl (C=O) groups is 1. The summed E-state index contributed by atoms with van der Waals surface area (Å²) < 4.78 is 13.3. The number of hydrogen-bond donors (Lipinski definition) is 0. The fourth-order valence-electron chi connectivity index (χ4n) is 2.57. The first kappa shape index (κ1) is 15.9. The van der Waals surface area contributed by atoms with Gasteiger partial charge < -0.3 is 4.90 Å². The van der Waals surface area contributed by atoms with Gasteiger partial charge in [-0.1, -0.05) is 22.9 Å². The lowest BCUT2D eigenvalue weighted by Gasteiger charge is -2.33. The molecule has 1 fully saturated rings. The lowest BCUT2D eigenvalue weighted by Crippen LogP contribution is -2.40. The van der Waals surface area contributed by atoms with Gasteiger partial charge in [0.05, 0.1) is 4.92 Å².